The van der Waals surface area contributed by atoms with E-state index in [0.717, 1.165) is 0 Å². The Morgan fingerprint density at radius 2 is 1.71 bits per heavy atom. The molecule has 0 N–H and O–H groups in total. The molecule has 0 amide bonds. The molecule has 0 aliphatic carbocycles. The van der Waals surface area contributed by atoms with Crippen molar-refractivity contribution in [2.75, 3.05) is 0 Å². The summed E-state index contributed by atoms with van der Waals surface area (Å²) < 4.78 is 0. The van der Waals surface area contributed by atoms with Gasteiger partial charge < -0.3 is 0 Å². The normalized spacial score (nSPS) is 11.4. The van der Waals surface area contributed by atoms with Crippen LogP contribution < -0.4 is 0 Å². The van der Waals surface area contributed by atoms with Gasteiger partial charge in [-0.25, -0.2) is 0 Å². The molecule has 0 aromatic heterocycles. The Morgan fingerprint density at radius 3 is 2.14 bits per heavy atom. The van der Waals surface area contributed by atoms with E-state index in [2.05, 4.69) is 0 Å². The van der Waals surface area contributed by atoms with Gasteiger partial charge in [-0.1, -0.05) is 44.2 Å². The zero-order valence-electron chi connectivity index (χ0n) is 8.59. The van der Waals surface area contributed by atoms with Crippen LogP contribution in [-0.4, -0.2) is 10.7 Å². The van der Waals surface area contributed by atoms with Gasteiger partial charge in [-0.3, -0.25) is 4.79 Å². The summed E-state index contributed by atoms with van der Waals surface area (Å²) in [6.45, 7) is 3.88. The highest BCUT2D eigenvalue weighted by Gasteiger charge is 2.32. The molecule has 0 saturated carbocycles. The lowest BCUT2D eigenvalue weighted by Gasteiger charge is -2.21. The van der Waals surface area contributed by atoms with Gasteiger partial charge in [0.1, 0.15) is 4.87 Å². The highest BCUT2D eigenvalue weighted by atomic mass is 35.5. The summed E-state index contributed by atoms with van der Waals surface area (Å²) in [5.74, 6) is 0.0322. The van der Waals surface area contributed by atoms with Gasteiger partial charge in [-0.2, -0.15) is 0 Å². The first-order chi connectivity index (χ1) is 6.64. The van der Waals surface area contributed by atoms with Crippen molar-refractivity contribution in [3.63, 3.8) is 0 Å². The Labute approximate surface area is 90.1 Å². The van der Waals surface area contributed by atoms with Crippen LogP contribution in [0.25, 0.3) is 0 Å². The molecule has 0 fully saturated rings. The summed E-state index contributed by atoms with van der Waals surface area (Å²) in [6, 6.07) is 9.23. The molecule has 1 nitrogen and oxygen atoms in total. The van der Waals surface area contributed by atoms with E-state index < -0.39 is 4.87 Å². The van der Waals surface area contributed by atoms with E-state index in [-0.39, 0.29) is 5.78 Å². The third kappa shape index (κ3) is 2.16. The number of carbonyl (C=O) groups is 1. The quantitative estimate of drug-likeness (QED) is 0.548. The minimum atomic E-state index is -0.721. The SMILES string of the molecule is CCC(Cl)(CC)C(=O)c1ccccc1. The standard InChI is InChI=1S/C12H15ClO/c1-3-12(13,4-2)11(14)10-8-6-5-7-9-10/h5-9H,3-4H2,1-2H3. The first-order valence-corrected chi connectivity index (χ1v) is 5.30. The van der Waals surface area contributed by atoms with Gasteiger partial charge in [0, 0.05) is 5.56 Å². The third-order valence-electron chi connectivity index (χ3n) is 2.56. The first-order valence-electron chi connectivity index (χ1n) is 4.93. The minimum absolute atomic E-state index is 0.0322. The maximum atomic E-state index is 12.0. The molecule has 0 bridgehead atoms. The highest BCUT2D eigenvalue weighted by molar-refractivity contribution is 6.37. The van der Waals surface area contributed by atoms with Crippen molar-refractivity contribution in [2.24, 2.45) is 0 Å². The van der Waals surface area contributed by atoms with E-state index in [1.807, 2.05) is 44.2 Å². The summed E-state index contributed by atoms with van der Waals surface area (Å²) in [5, 5.41) is 0. The molecule has 0 aliphatic rings. The topological polar surface area (TPSA) is 17.1 Å². The summed E-state index contributed by atoms with van der Waals surface area (Å²) in [6.07, 6.45) is 1.33. The van der Waals surface area contributed by atoms with Crippen molar-refractivity contribution in [1.82, 2.24) is 0 Å². The van der Waals surface area contributed by atoms with Gasteiger partial charge >= 0.3 is 0 Å². The van der Waals surface area contributed by atoms with Crippen molar-refractivity contribution in [1.29, 1.82) is 0 Å². The minimum Gasteiger partial charge on any atom is -0.292 e. The van der Waals surface area contributed by atoms with Crippen LogP contribution in [0.2, 0.25) is 0 Å². The van der Waals surface area contributed by atoms with Crippen molar-refractivity contribution >= 4 is 17.4 Å². The summed E-state index contributed by atoms with van der Waals surface area (Å²) in [5.41, 5.74) is 0.700. The Bertz CT molecular complexity index is 301. The van der Waals surface area contributed by atoms with E-state index in [4.69, 9.17) is 11.6 Å². The number of Topliss-reactive ketones (excluding diaryl/α,β-unsaturated/α-hetero) is 1. The number of hydrogen-bond acceptors (Lipinski definition) is 1. The van der Waals surface area contributed by atoms with E-state index in [1.54, 1.807) is 0 Å². The lowest BCUT2D eigenvalue weighted by molar-refractivity contribution is 0.0933. The average molecular weight is 211 g/mol. The summed E-state index contributed by atoms with van der Waals surface area (Å²) >= 11 is 6.24. The summed E-state index contributed by atoms with van der Waals surface area (Å²) in [7, 11) is 0. The second-order valence-corrected chi connectivity index (χ2v) is 4.09. The predicted octanol–water partition coefficient (Wildman–Crippen LogP) is 3.67. The van der Waals surface area contributed by atoms with Gasteiger partial charge in [0.15, 0.2) is 5.78 Å². The van der Waals surface area contributed by atoms with Crippen LogP contribution in [-0.2, 0) is 0 Å². The molecule has 0 atom stereocenters. The number of hydrogen-bond donors (Lipinski definition) is 0. The van der Waals surface area contributed by atoms with Crippen LogP contribution in [0.15, 0.2) is 30.3 Å². The second kappa shape index (κ2) is 4.61. The van der Waals surface area contributed by atoms with E-state index in [0.29, 0.717) is 18.4 Å². The number of ketones is 1. The lowest BCUT2D eigenvalue weighted by Crippen LogP contribution is -2.30. The molecule has 14 heavy (non-hydrogen) atoms. The molecular formula is C12H15ClO. The molecule has 0 unspecified atom stereocenters. The van der Waals surface area contributed by atoms with E-state index in [1.165, 1.54) is 0 Å². The fourth-order valence-corrected chi connectivity index (χ4v) is 1.53. The molecule has 0 spiro atoms. The number of carbonyl (C=O) groups excluding carboxylic acids is 1. The Hall–Kier alpha value is -0.820. The Balaban J connectivity index is 2.95. The molecule has 0 heterocycles. The molecule has 1 rings (SSSR count). The van der Waals surface area contributed by atoms with Crippen LogP contribution in [0.3, 0.4) is 0 Å². The van der Waals surface area contributed by atoms with E-state index in [9.17, 15) is 4.79 Å². The van der Waals surface area contributed by atoms with Gasteiger partial charge in [-0.05, 0) is 12.8 Å². The van der Waals surface area contributed by atoms with Crippen molar-refractivity contribution < 1.29 is 4.79 Å². The summed E-state index contributed by atoms with van der Waals surface area (Å²) in [4.78, 5) is 11.3. The molecule has 1 aromatic rings. The zero-order valence-corrected chi connectivity index (χ0v) is 9.34. The largest absolute Gasteiger partial charge is 0.292 e. The maximum Gasteiger partial charge on any atom is 0.183 e. The first kappa shape index (κ1) is 11.3. The average Bonchev–Trinajstić information content (AvgIpc) is 2.28. The number of rotatable bonds is 4. The molecule has 1 aromatic carbocycles. The Morgan fingerprint density at radius 1 is 1.21 bits per heavy atom. The second-order valence-electron chi connectivity index (χ2n) is 3.37. The monoisotopic (exact) mass is 210 g/mol. The molecular weight excluding hydrogens is 196 g/mol. The molecule has 0 aliphatic heterocycles. The highest BCUT2D eigenvalue weighted by Crippen LogP contribution is 2.28. The Kier molecular flexibility index (Phi) is 3.70. The van der Waals surface area contributed by atoms with E-state index >= 15 is 0 Å². The zero-order chi connectivity index (χ0) is 10.6. The third-order valence-corrected chi connectivity index (χ3v) is 3.27. The molecule has 0 saturated heterocycles. The fourth-order valence-electron chi connectivity index (χ4n) is 1.42. The molecule has 0 radical (unpaired) electrons. The van der Waals surface area contributed by atoms with Crippen LogP contribution >= 0.6 is 11.6 Å². The molecule has 2 heteroatoms. The van der Waals surface area contributed by atoms with Crippen LogP contribution in [0.1, 0.15) is 37.0 Å². The van der Waals surface area contributed by atoms with Gasteiger partial charge in [0.2, 0.25) is 0 Å². The van der Waals surface area contributed by atoms with Crippen molar-refractivity contribution in [3.05, 3.63) is 35.9 Å². The number of benzene rings is 1. The van der Waals surface area contributed by atoms with Gasteiger partial charge in [0.25, 0.3) is 0 Å². The molecule has 76 valence electrons. The fraction of sp³-hybridized carbons (Fsp3) is 0.417. The lowest BCUT2D eigenvalue weighted by atomic mass is 9.92. The predicted molar refractivity (Wildman–Crippen MR) is 59.9 cm³/mol. The number of alkyl halides is 1. The number of halogens is 1. The van der Waals surface area contributed by atoms with Crippen LogP contribution in [0, 0.1) is 0 Å². The van der Waals surface area contributed by atoms with Gasteiger partial charge in [-0.15, -0.1) is 11.6 Å². The van der Waals surface area contributed by atoms with Crippen molar-refractivity contribution in [3.8, 4) is 0 Å². The van der Waals surface area contributed by atoms with Gasteiger partial charge in [0.05, 0.1) is 0 Å². The van der Waals surface area contributed by atoms with Crippen LogP contribution in [0.5, 0.6) is 0 Å². The van der Waals surface area contributed by atoms with Crippen molar-refractivity contribution in [2.45, 2.75) is 31.6 Å². The van der Waals surface area contributed by atoms with Crippen LogP contribution in [0.4, 0.5) is 0 Å². The maximum absolute atomic E-state index is 12.0. The smallest absolute Gasteiger partial charge is 0.183 e.